The van der Waals surface area contributed by atoms with Crippen molar-refractivity contribution in [3.05, 3.63) is 0 Å². The molecule has 4 atom stereocenters. The van der Waals surface area contributed by atoms with Gasteiger partial charge in [0.2, 0.25) is 12.4 Å². The minimum atomic E-state index is -1.26. The van der Waals surface area contributed by atoms with Crippen LogP contribution in [0.2, 0.25) is 0 Å². The highest BCUT2D eigenvalue weighted by molar-refractivity contribution is 5.68. The van der Waals surface area contributed by atoms with Crippen LogP contribution in [0.3, 0.4) is 0 Å². The molecule has 0 aromatic rings. The summed E-state index contributed by atoms with van der Waals surface area (Å²) in [5.41, 5.74) is 0. The lowest BCUT2D eigenvalue weighted by molar-refractivity contribution is -0.195. The first kappa shape index (κ1) is 17.9. The van der Waals surface area contributed by atoms with E-state index in [1.165, 1.54) is 0 Å². The van der Waals surface area contributed by atoms with Crippen molar-refractivity contribution < 1.29 is 43.2 Å². The summed E-state index contributed by atoms with van der Waals surface area (Å²) in [7, 11) is 0. The van der Waals surface area contributed by atoms with Crippen LogP contribution in [0.4, 0.5) is 0 Å². The minimum absolute atomic E-state index is 0.00279. The van der Waals surface area contributed by atoms with Crippen molar-refractivity contribution in [2.24, 2.45) is 0 Å². The maximum atomic E-state index is 11.2. The lowest BCUT2D eigenvalue weighted by Gasteiger charge is -2.22. The molecule has 0 aliphatic carbocycles. The van der Waals surface area contributed by atoms with Gasteiger partial charge < -0.3 is 24.1 Å². The van der Waals surface area contributed by atoms with E-state index in [2.05, 4.69) is 0 Å². The summed E-state index contributed by atoms with van der Waals surface area (Å²) >= 11 is 0. The normalized spacial score (nSPS) is 27.0. The number of hydrogen-bond acceptors (Lipinski definition) is 8. The van der Waals surface area contributed by atoms with Crippen LogP contribution in [0.25, 0.3) is 0 Å². The number of ether oxygens (including phenoxy) is 4. The average molecular weight is 318 g/mol. The van der Waals surface area contributed by atoms with Gasteiger partial charge in [0.05, 0.1) is 0 Å². The fourth-order valence-corrected chi connectivity index (χ4v) is 2.10. The molecule has 1 fully saturated rings. The first-order valence-electron chi connectivity index (χ1n) is 6.59. The van der Waals surface area contributed by atoms with E-state index in [0.717, 1.165) is 20.8 Å². The van der Waals surface area contributed by atoms with E-state index in [-0.39, 0.29) is 12.8 Å². The molecule has 1 aliphatic heterocycles. The number of rotatable bonds is 6. The molecule has 1 rings (SSSR count). The number of carbonyl (C=O) groups is 4. The average Bonchev–Trinajstić information content (AvgIpc) is 2.63. The lowest BCUT2D eigenvalue weighted by atomic mass is 10.1. The predicted molar refractivity (Wildman–Crippen MR) is 68.4 cm³/mol. The molecule has 0 aromatic heterocycles. The quantitative estimate of drug-likeness (QED) is 0.532. The van der Waals surface area contributed by atoms with Crippen molar-refractivity contribution in [3.8, 4) is 0 Å². The summed E-state index contributed by atoms with van der Waals surface area (Å²) in [6, 6.07) is 0. The van der Waals surface area contributed by atoms with Crippen molar-refractivity contribution in [1.29, 1.82) is 0 Å². The van der Waals surface area contributed by atoms with E-state index in [0.29, 0.717) is 0 Å². The number of carboxylic acid groups (broad SMARTS) is 1. The third kappa shape index (κ3) is 5.32. The van der Waals surface area contributed by atoms with Gasteiger partial charge in [-0.15, -0.1) is 0 Å². The largest absolute Gasteiger partial charge is 0.481 e. The van der Waals surface area contributed by atoms with Crippen molar-refractivity contribution in [3.63, 3.8) is 0 Å². The Morgan fingerprint density at radius 2 is 1.41 bits per heavy atom. The van der Waals surface area contributed by atoms with E-state index < -0.39 is 48.5 Å². The van der Waals surface area contributed by atoms with Gasteiger partial charge in [-0.2, -0.15) is 0 Å². The van der Waals surface area contributed by atoms with Gasteiger partial charge in [-0.25, -0.2) is 0 Å². The van der Waals surface area contributed by atoms with E-state index in [4.69, 9.17) is 24.1 Å². The molecular formula is C13H18O9. The molecular weight excluding hydrogens is 300 g/mol. The lowest BCUT2D eigenvalue weighted by Crippen LogP contribution is -2.41. The van der Waals surface area contributed by atoms with Crippen molar-refractivity contribution in [2.45, 2.75) is 58.2 Å². The van der Waals surface area contributed by atoms with Crippen LogP contribution in [0.15, 0.2) is 0 Å². The number of aliphatic carboxylic acids is 1. The molecule has 0 saturated carbocycles. The summed E-state index contributed by atoms with van der Waals surface area (Å²) in [5, 5.41) is 8.73. The second-order valence-electron chi connectivity index (χ2n) is 4.73. The highest BCUT2D eigenvalue weighted by Gasteiger charge is 2.50. The predicted octanol–water partition coefficient (Wildman–Crippen LogP) is 0.00260. The molecule has 124 valence electrons. The Labute approximate surface area is 126 Å². The first-order chi connectivity index (χ1) is 10.2. The third-order valence-electron chi connectivity index (χ3n) is 2.80. The third-order valence-corrected chi connectivity index (χ3v) is 2.80. The maximum absolute atomic E-state index is 11.2. The van der Waals surface area contributed by atoms with Crippen LogP contribution >= 0.6 is 0 Å². The van der Waals surface area contributed by atoms with Crippen molar-refractivity contribution >= 4 is 23.9 Å². The first-order valence-corrected chi connectivity index (χ1v) is 6.59. The zero-order valence-corrected chi connectivity index (χ0v) is 12.4. The van der Waals surface area contributed by atoms with Crippen LogP contribution in [-0.4, -0.2) is 53.6 Å². The molecule has 0 amide bonds. The molecule has 9 nitrogen and oxygen atoms in total. The molecule has 1 N–H and O–H groups in total. The Morgan fingerprint density at radius 3 is 1.86 bits per heavy atom. The Bertz CT molecular complexity index is 458. The molecule has 0 bridgehead atoms. The molecule has 0 radical (unpaired) electrons. The Hall–Kier alpha value is -2.16. The van der Waals surface area contributed by atoms with Crippen LogP contribution in [-0.2, 0) is 38.1 Å². The molecule has 0 spiro atoms. The van der Waals surface area contributed by atoms with Crippen LogP contribution in [0, 0.1) is 0 Å². The van der Waals surface area contributed by atoms with E-state index in [1.807, 2.05) is 0 Å². The second kappa shape index (κ2) is 7.74. The van der Waals surface area contributed by atoms with Gasteiger partial charge in [-0.1, -0.05) is 0 Å². The zero-order chi connectivity index (χ0) is 16.9. The Balaban J connectivity index is 2.94. The molecule has 0 aromatic carbocycles. The standard InChI is InChI=1S/C13H18O9/c1-6(14)19-11-9(4-5-10(17)18)22-13(21-8(3)16)12(11)20-7(2)15/h9,11-13H,4-5H2,1-3H3,(H,17,18)/t9-,11-,12-,13-/m1/s1. The number of carboxylic acids is 1. The smallest absolute Gasteiger partial charge is 0.305 e. The summed E-state index contributed by atoms with van der Waals surface area (Å²) in [4.78, 5) is 44.1. The summed E-state index contributed by atoms with van der Waals surface area (Å²) in [5.74, 6) is -3.08. The van der Waals surface area contributed by atoms with E-state index >= 15 is 0 Å². The van der Waals surface area contributed by atoms with Gasteiger partial charge in [0, 0.05) is 27.2 Å². The van der Waals surface area contributed by atoms with E-state index in [1.54, 1.807) is 0 Å². The highest BCUT2D eigenvalue weighted by Crippen LogP contribution is 2.30. The maximum Gasteiger partial charge on any atom is 0.305 e. The second-order valence-corrected chi connectivity index (χ2v) is 4.73. The Kier molecular flexibility index (Phi) is 6.29. The Morgan fingerprint density at radius 1 is 0.909 bits per heavy atom. The SMILES string of the molecule is CC(=O)O[C@@H]1O[C@H](CCC(=O)O)[C@@H](OC(C)=O)[C@H]1OC(C)=O. The summed E-state index contributed by atoms with van der Waals surface area (Å²) < 4.78 is 20.4. The van der Waals surface area contributed by atoms with Gasteiger partial charge in [-0.05, 0) is 6.42 Å². The number of carbonyl (C=O) groups excluding carboxylic acids is 3. The van der Waals surface area contributed by atoms with Gasteiger partial charge in [0.15, 0.2) is 6.10 Å². The zero-order valence-electron chi connectivity index (χ0n) is 12.4. The van der Waals surface area contributed by atoms with Crippen LogP contribution < -0.4 is 0 Å². The fraction of sp³-hybridized carbons (Fsp3) is 0.692. The van der Waals surface area contributed by atoms with E-state index in [9.17, 15) is 19.2 Å². The van der Waals surface area contributed by atoms with Crippen LogP contribution in [0.1, 0.15) is 33.6 Å². The molecule has 0 unspecified atom stereocenters. The van der Waals surface area contributed by atoms with Crippen LogP contribution in [0.5, 0.6) is 0 Å². The van der Waals surface area contributed by atoms with Crippen molar-refractivity contribution in [1.82, 2.24) is 0 Å². The minimum Gasteiger partial charge on any atom is -0.481 e. The number of hydrogen-bond donors (Lipinski definition) is 1. The van der Waals surface area contributed by atoms with Gasteiger partial charge >= 0.3 is 23.9 Å². The molecule has 1 saturated heterocycles. The number of esters is 3. The fourth-order valence-electron chi connectivity index (χ4n) is 2.10. The monoisotopic (exact) mass is 318 g/mol. The molecule has 1 aliphatic rings. The van der Waals surface area contributed by atoms with Crippen molar-refractivity contribution in [2.75, 3.05) is 0 Å². The molecule has 22 heavy (non-hydrogen) atoms. The highest BCUT2D eigenvalue weighted by atomic mass is 16.7. The van der Waals surface area contributed by atoms with Gasteiger partial charge in [0.25, 0.3) is 0 Å². The van der Waals surface area contributed by atoms with Gasteiger partial charge in [0.1, 0.15) is 6.10 Å². The summed E-state index contributed by atoms with van der Waals surface area (Å²) in [6.07, 6.45) is -4.57. The van der Waals surface area contributed by atoms with Gasteiger partial charge in [-0.3, -0.25) is 19.2 Å². The molecule has 1 heterocycles. The topological polar surface area (TPSA) is 125 Å². The summed E-state index contributed by atoms with van der Waals surface area (Å²) in [6.45, 7) is 3.43. The molecule has 9 heteroatoms.